The molecular weight excluding hydrogens is 712 g/mol. The number of epoxide rings is 2. The van der Waals surface area contributed by atoms with Crippen molar-refractivity contribution >= 4 is 17.9 Å². The molecule has 4 aliphatic heterocycles. The zero-order valence-electron chi connectivity index (χ0n) is 31.4. The van der Waals surface area contributed by atoms with Crippen LogP contribution in [0, 0.1) is 40.4 Å². The van der Waals surface area contributed by atoms with E-state index in [0.717, 1.165) is 0 Å². The second kappa shape index (κ2) is 13.1. The molecule has 8 aliphatic rings. The molecular formula is C38H54O16. The van der Waals surface area contributed by atoms with E-state index in [0.29, 0.717) is 31.3 Å². The summed E-state index contributed by atoms with van der Waals surface area (Å²) in [5, 5.41) is 64.7. The summed E-state index contributed by atoms with van der Waals surface area (Å²) in [6, 6.07) is 0. The molecule has 7 fully saturated rings. The van der Waals surface area contributed by atoms with Gasteiger partial charge in [0, 0.05) is 43.4 Å². The highest BCUT2D eigenvalue weighted by atomic mass is 16.7. The van der Waals surface area contributed by atoms with Crippen molar-refractivity contribution < 1.29 is 78.2 Å². The highest BCUT2D eigenvalue weighted by molar-refractivity contribution is 5.90. The molecule has 4 heterocycles. The zero-order chi connectivity index (χ0) is 39.0. The van der Waals surface area contributed by atoms with Crippen LogP contribution in [0.2, 0.25) is 0 Å². The number of aliphatic hydroxyl groups is 6. The average Bonchev–Trinajstić information content (AvgIpc) is 4.02. The van der Waals surface area contributed by atoms with Crippen LogP contribution in [0.15, 0.2) is 11.1 Å². The summed E-state index contributed by atoms with van der Waals surface area (Å²) in [6.07, 6.45) is -10.5. The van der Waals surface area contributed by atoms with Crippen molar-refractivity contribution in [3.8, 4) is 0 Å². The predicted octanol–water partition coefficient (Wildman–Crippen LogP) is -0.737. The van der Waals surface area contributed by atoms with E-state index in [1.54, 1.807) is 6.92 Å². The Kier molecular flexibility index (Phi) is 9.40. The third kappa shape index (κ3) is 5.49. The largest absolute Gasteiger partial charge is 0.462 e. The second-order valence-corrected chi connectivity index (χ2v) is 17.7. The molecule has 6 N–H and O–H groups in total. The fourth-order valence-electron chi connectivity index (χ4n) is 12.4. The lowest BCUT2D eigenvalue weighted by Gasteiger charge is -2.63. The Hall–Kier alpha value is -2.25. The first-order valence-corrected chi connectivity index (χ1v) is 19.3. The standard InChI is InChI=1S/C38H54O16/c1-13-7-21(52-34(46)17(13)12-48-35-29(45)28(44)27(43)23(11-39)53-35)14(2)26-20(42)8-18-25-19(9-24(36(18,26)5)49-15(3)40)37(6)32(50-16(4)41)30-22(51-30)10-38(37,47)33-31(25)54-33/h14,18-33,35,39,42-45,47H,7-12H2,1-6H3/t14-,18+,19+,20+,21-,22+,23-,24+,25+,26+,27-,28+,29-,30+,31+,32+,33+,35-,36-,37+,38-/m1/s1. The van der Waals surface area contributed by atoms with Crippen LogP contribution in [-0.2, 0) is 47.5 Å². The number of rotatable bonds is 8. The Morgan fingerprint density at radius 2 is 1.65 bits per heavy atom. The molecule has 3 saturated heterocycles. The molecule has 0 bridgehead atoms. The summed E-state index contributed by atoms with van der Waals surface area (Å²) in [6.45, 7) is 9.42. The van der Waals surface area contributed by atoms with E-state index in [1.165, 1.54) is 13.8 Å². The summed E-state index contributed by atoms with van der Waals surface area (Å²) < 4.78 is 41.6. The van der Waals surface area contributed by atoms with Crippen molar-refractivity contribution in [1.82, 2.24) is 0 Å². The number of cyclic esters (lactones) is 1. The van der Waals surface area contributed by atoms with Crippen molar-refractivity contribution in [2.75, 3.05) is 13.2 Å². The Morgan fingerprint density at radius 1 is 0.944 bits per heavy atom. The van der Waals surface area contributed by atoms with Gasteiger partial charge in [0.05, 0.1) is 37.1 Å². The maximum absolute atomic E-state index is 13.5. The molecule has 16 nitrogen and oxygen atoms in total. The Bertz CT molecular complexity index is 1580. The minimum absolute atomic E-state index is 0.168. The fourth-order valence-corrected chi connectivity index (χ4v) is 12.4. The molecule has 0 amide bonds. The smallest absolute Gasteiger partial charge is 0.336 e. The Morgan fingerprint density at radius 3 is 2.30 bits per heavy atom. The van der Waals surface area contributed by atoms with Crippen molar-refractivity contribution in [2.24, 2.45) is 40.4 Å². The third-order valence-corrected chi connectivity index (χ3v) is 15.1. The fraction of sp³-hybridized carbons (Fsp3) is 0.868. The van der Waals surface area contributed by atoms with Crippen molar-refractivity contribution in [1.29, 1.82) is 0 Å². The van der Waals surface area contributed by atoms with Gasteiger partial charge in [-0.1, -0.05) is 26.3 Å². The molecule has 16 heteroatoms. The van der Waals surface area contributed by atoms with Crippen LogP contribution in [0.4, 0.5) is 0 Å². The number of aliphatic hydroxyl groups excluding tert-OH is 5. The van der Waals surface area contributed by atoms with E-state index in [9.17, 15) is 45.0 Å². The van der Waals surface area contributed by atoms with Gasteiger partial charge >= 0.3 is 17.9 Å². The molecule has 0 spiro atoms. The summed E-state index contributed by atoms with van der Waals surface area (Å²) in [4.78, 5) is 38.8. The molecule has 21 atom stereocenters. The summed E-state index contributed by atoms with van der Waals surface area (Å²) >= 11 is 0. The van der Waals surface area contributed by atoms with E-state index in [2.05, 4.69) is 0 Å². The number of ether oxygens (including phenoxy) is 7. The lowest BCUT2D eigenvalue weighted by atomic mass is 9.41. The van der Waals surface area contributed by atoms with Crippen LogP contribution in [0.25, 0.3) is 0 Å². The van der Waals surface area contributed by atoms with Crippen molar-refractivity contribution in [3.05, 3.63) is 11.1 Å². The number of esters is 3. The van der Waals surface area contributed by atoms with Gasteiger partial charge in [0.2, 0.25) is 0 Å². The van der Waals surface area contributed by atoms with Crippen LogP contribution >= 0.6 is 0 Å². The van der Waals surface area contributed by atoms with Gasteiger partial charge in [-0.15, -0.1) is 0 Å². The van der Waals surface area contributed by atoms with Crippen LogP contribution in [0.5, 0.6) is 0 Å². The quantitative estimate of drug-likeness (QED) is 0.101. The maximum Gasteiger partial charge on any atom is 0.336 e. The SMILES string of the molecule is CC(=O)O[C@H]1C[C@H]2[C@@H]([C@@H]3O[C@@H]3[C@]3(O)C[C@@H]4O[C@@H]4[C@H](OC(C)=O)[C@]23C)[C@@H]2C[C@H](O)[C@H]([C@H](C)[C@H]3CC(C)=C(CO[C@@H]4O[C@H](CO)[C@@H](O)[C@H](O)[C@H]4O)C(=O)O3)[C@@]12C. The summed E-state index contributed by atoms with van der Waals surface area (Å²) in [5.41, 5.74) is -2.29. The number of hydrogen-bond donors (Lipinski definition) is 6. The number of fused-ring (bicyclic) bond motifs is 9. The number of carbonyl (C=O) groups excluding carboxylic acids is 3. The molecule has 8 rings (SSSR count). The van der Waals surface area contributed by atoms with Gasteiger partial charge in [-0.3, -0.25) is 9.59 Å². The van der Waals surface area contributed by atoms with E-state index < -0.39 is 114 Å². The lowest BCUT2D eigenvalue weighted by Crippen LogP contribution is -2.72. The van der Waals surface area contributed by atoms with Gasteiger partial charge in [0.15, 0.2) is 6.29 Å². The molecule has 4 aliphatic carbocycles. The molecule has 0 aromatic carbocycles. The van der Waals surface area contributed by atoms with Gasteiger partial charge < -0.3 is 63.8 Å². The molecule has 302 valence electrons. The number of carbonyl (C=O) groups is 3. The average molecular weight is 767 g/mol. The Labute approximate surface area is 313 Å². The summed E-state index contributed by atoms with van der Waals surface area (Å²) in [5.74, 6) is -3.22. The van der Waals surface area contributed by atoms with Gasteiger partial charge in [-0.05, 0) is 43.4 Å². The van der Waals surface area contributed by atoms with Crippen molar-refractivity contribution in [2.45, 2.75) is 152 Å². The van der Waals surface area contributed by atoms with Gasteiger partial charge in [-0.25, -0.2) is 4.79 Å². The number of hydrogen-bond acceptors (Lipinski definition) is 16. The van der Waals surface area contributed by atoms with Crippen LogP contribution < -0.4 is 0 Å². The highest BCUT2D eigenvalue weighted by Gasteiger charge is 2.84. The molecule has 4 saturated carbocycles. The van der Waals surface area contributed by atoms with Crippen LogP contribution in [0.1, 0.15) is 67.2 Å². The predicted molar refractivity (Wildman–Crippen MR) is 179 cm³/mol. The van der Waals surface area contributed by atoms with E-state index in [4.69, 9.17) is 33.2 Å². The Balaban J connectivity index is 1.06. The minimum Gasteiger partial charge on any atom is -0.462 e. The molecule has 0 radical (unpaired) electrons. The maximum atomic E-state index is 13.5. The first-order valence-electron chi connectivity index (χ1n) is 19.3. The zero-order valence-corrected chi connectivity index (χ0v) is 31.4. The van der Waals surface area contributed by atoms with Crippen molar-refractivity contribution in [3.63, 3.8) is 0 Å². The molecule has 54 heavy (non-hydrogen) atoms. The van der Waals surface area contributed by atoms with Gasteiger partial charge in [-0.2, -0.15) is 0 Å². The highest BCUT2D eigenvalue weighted by Crippen LogP contribution is 2.74. The van der Waals surface area contributed by atoms with Crippen LogP contribution in [0.3, 0.4) is 0 Å². The topological polar surface area (TPSA) is 244 Å². The minimum atomic E-state index is -1.63. The normalized spacial score (nSPS) is 53.5. The lowest BCUT2D eigenvalue weighted by molar-refractivity contribution is -0.299. The second-order valence-electron chi connectivity index (χ2n) is 17.7. The van der Waals surface area contributed by atoms with Crippen LogP contribution in [-0.4, -0.2) is 147 Å². The first kappa shape index (κ1) is 38.6. The van der Waals surface area contributed by atoms with E-state index in [-0.39, 0.29) is 48.2 Å². The van der Waals surface area contributed by atoms with Gasteiger partial charge in [0.1, 0.15) is 60.5 Å². The van der Waals surface area contributed by atoms with E-state index >= 15 is 0 Å². The monoisotopic (exact) mass is 766 g/mol. The molecule has 0 aromatic heterocycles. The summed E-state index contributed by atoms with van der Waals surface area (Å²) in [7, 11) is 0. The molecule has 0 aromatic rings. The third-order valence-electron chi connectivity index (χ3n) is 15.1. The first-order chi connectivity index (χ1) is 25.4. The molecule has 0 unspecified atom stereocenters. The van der Waals surface area contributed by atoms with Gasteiger partial charge in [0.25, 0.3) is 0 Å². The van der Waals surface area contributed by atoms with E-state index in [1.807, 2.05) is 20.8 Å².